The molecule has 1 fully saturated rings. The number of nitrogens with one attached hydrogen (secondary N) is 2. The van der Waals surface area contributed by atoms with Crippen molar-refractivity contribution >= 4 is 11.6 Å². The fraction of sp³-hybridized carbons (Fsp3) is 0.458. The zero-order valence-electron chi connectivity index (χ0n) is 18.2. The Balaban J connectivity index is 1.47. The third-order valence-corrected chi connectivity index (χ3v) is 5.23. The summed E-state index contributed by atoms with van der Waals surface area (Å²) in [7, 11) is 0. The van der Waals surface area contributed by atoms with Gasteiger partial charge in [-0.25, -0.2) is 9.38 Å². The molecule has 0 saturated carbocycles. The lowest BCUT2D eigenvalue weighted by Gasteiger charge is -2.31. The molecule has 1 aliphatic rings. The van der Waals surface area contributed by atoms with Crippen LogP contribution in [-0.2, 0) is 17.9 Å². The minimum absolute atomic E-state index is 0.239. The van der Waals surface area contributed by atoms with E-state index in [-0.39, 0.29) is 11.9 Å². The molecule has 3 rings (SSSR count). The molecule has 31 heavy (non-hydrogen) atoms. The smallest absolute Gasteiger partial charge is 0.191 e. The van der Waals surface area contributed by atoms with Gasteiger partial charge in [-0.3, -0.25) is 0 Å². The number of ether oxygens (including phenoxy) is 1. The van der Waals surface area contributed by atoms with Crippen LogP contribution in [-0.4, -0.2) is 50.0 Å². The number of guanidine groups is 1. The van der Waals surface area contributed by atoms with E-state index in [1.165, 1.54) is 0 Å². The highest BCUT2D eigenvalue weighted by atomic mass is 19.1. The first kappa shape index (κ1) is 23.0. The van der Waals surface area contributed by atoms with Crippen molar-refractivity contribution in [2.45, 2.75) is 39.0 Å². The van der Waals surface area contributed by atoms with Crippen LogP contribution >= 0.6 is 0 Å². The number of aliphatic imine (C=N–C) groups is 1. The Kier molecular flexibility index (Phi) is 9.12. The van der Waals surface area contributed by atoms with Crippen LogP contribution in [0.1, 0.15) is 30.9 Å². The highest BCUT2D eigenvalue weighted by Gasteiger charge is 2.19. The summed E-state index contributed by atoms with van der Waals surface area (Å²) in [6.07, 6.45) is 1.09. The Morgan fingerprint density at radius 1 is 1.13 bits per heavy atom. The number of nitrogens with zero attached hydrogens (tertiary/aromatic N) is 2. The first-order chi connectivity index (χ1) is 15.2. The maximum absolute atomic E-state index is 14.6. The van der Waals surface area contributed by atoms with Crippen LogP contribution in [0.15, 0.2) is 53.5 Å². The maximum Gasteiger partial charge on any atom is 0.191 e. The standard InChI is InChI=1S/C24H33FN4O2/c1-2-26-24(27-12-15-31-18-19-6-4-3-5-7-19)28-17-20-8-9-23(22(25)16-20)29-13-10-21(30)11-14-29/h3-9,16,21,30H,2,10-15,17-18H2,1H3,(H2,26,27,28). The number of rotatable bonds is 9. The lowest BCUT2D eigenvalue weighted by molar-refractivity contribution is 0.125. The molecule has 2 aromatic rings. The van der Waals surface area contributed by atoms with Gasteiger partial charge < -0.3 is 25.4 Å². The zero-order chi connectivity index (χ0) is 21.9. The molecule has 1 heterocycles. The molecule has 1 aliphatic heterocycles. The number of anilines is 1. The second-order valence-corrected chi connectivity index (χ2v) is 7.66. The number of aliphatic hydroxyl groups excluding tert-OH is 1. The van der Waals surface area contributed by atoms with Crippen molar-refractivity contribution in [2.24, 2.45) is 4.99 Å². The molecule has 0 radical (unpaired) electrons. The van der Waals surface area contributed by atoms with Crippen LogP contribution in [0.3, 0.4) is 0 Å². The van der Waals surface area contributed by atoms with Crippen molar-refractivity contribution < 1.29 is 14.2 Å². The van der Waals surface area contributed by atoms with E-state index in [9.17, 15) is 9.50 Å². The summed E-state index contributed by atoms with van der Waals surface area (Å²) >= 11 is 0. The van der Waals surface area contributed by atoms with Crippen molar-refractivity contribution in [3.63, 3.8) is 0 Å². The molecule has 0 amide bonds. The van der Waals surface area contributed by atoms with Gasteiger partial charge in [0.25, 0.3) is 0 Å². The van der Waals surface area contributed by atoms with Crippen LogP contribution in [0.2, 0.25) is 0 Å². The van der Waals surface area contributed by atoms with Gasteiger partial charge in [0.1, 0.15) is 5.82 Å². The Bertz CT molecular complexity index is 824. The Hall–Kier alpha value is -2.64. The molecule has 168 valence electrons. The van der Waals surface area contributed by atoms with Gasteiger partial charge >= 0.3 is 0 Å². The van der Waals surface area contributed by atoms with Gasteiger partial charge in [-0.2, -0.15) is 0 Å². The minimum atomic E-state index is -0.270. The second kappa shape index (κ2) is 12.3. The van der Waals surface area contributed by atoms with Gasteiger partial charge in [-0.15, -0.1) is 0 Å². The quantitative estimate of drug-likeness (QED) is 0.325. The summed E-state index contributed by atoms with van der Waals surface area (Å²) in [6.45, 7) is 6.26. The van der Waals surface area contributed by atoms with Crippen molar-refractivity contribution in [2.75, 3.05) is 37.7 Å². The Labute approximate surface area is 184 Å². The molecule has 0 spiro atoms. The average Bonchev–Trinajstić information content (AvgIpc) is 2.79. The molecule has 6 nitrogen and oxygen atoms in total. The van der Waals surface area contributed by atoms with Crippen LogP contribution in [0.4, 0.5) is 10.1 Å². The topological polar surface area (TPSA) is 69.1 Å². The number of hydrogen-bond donors (Lipinski definition) is 3. The van der Waals surface area contributed by atoms with E-state index in [0.717, 1.165) is 17.7 Å². The lowest BCUT2D eigenvalue weighted by atomic mass is 10.1. The number of hydrogen-bond acceptors (Lipinski definition) is 4. The monoisotopic (exact) mass is 428 g/mol. The van der Waals surface area contributed by atoms with E-state index < -0.39 is 0 Å². The molecule has 0 bridgehead atoms. The van der Waals surface area contributed by atoms with E-state index in [2.05, 4.69) is 15.6 Å². The average molecular weight is 429 g/mol. The van der Waals surface area contributed by atoms with Crippen molar-refractivity contribution in [1.82, 2.24) is 10.6 Å². The van der Waals surface area contributed by atoms with E-state index in [4.69, 9.17) is 4.74 Å². The van der Waals surface area contributed by atoms with E-state index in [1.54, 1.807) is 6.07 Å². The number of aliphatic hydroxyl groups is 1. The van der Waals surface area contributed by atoms with Crippen molar-refractivity contribution in [1.29, 1.82) is 0 Å². The van der Waals surface area contributed by atoms with Gasteiger partial charge in [-0.05, 0) is 43.0 Å². The van der Waals surface area contributed by atoms with Crippen LogP contribution in [0.5, 0.6) is 0 Å². The third-order valence-electron chi connectivity index (χ3n) is 5.23. The van der Waals surface area contributed by atoms with Gasteiger partial charge in [-0.1, -0.05) is 36.4 Å². The van der Waals surface area contributed by atoms with Crippen LogP contribution in [0, 0.1) is 5.82 Å². The van der Waals surface area contributed by atoms with Gasteiger partial charge in [0.05, 0.1) is 31.5 Å². The van der Waals surface area contributed by atoms with Gasteiger partial charge in [0, 0.05) is 26.2 Å². The van der Waals surface area contributed by atoms with Gasteiger partial charge in [0.2, 0.25) is 0 Å². The molecule has 3 N–H and O–H groups in total. The van der Waals surface area contributed by atoms with E-state index in [0.29, 0.717) is 63.9 Å². The largest absolute Gasteiger partial charge is 0.393 e. The maximum atomic E-state index is 14.6. The normalized spacial score (nSPS) is 15.2. The summed E-state index contributed by atoms with van der Waals surface area (Å²) in [5.74, 6) is 0.441. The van der Waals surface area contributed by atoms with Crippen molar-refractivity contribution in [3.8, 4) is 0 Å². The molecule has 1 saturated heterocycles. The molecule has 0 aliphatic carbocycles. The molecule has 2 aromatic carbocycles. The van der Waals surface area contributed by atoms with Gasteiger partial charge in [0.15, 0.2) is 5.96 Å². The first-order valence-corrected chi connectivity index (χ1v) is 11.0. The first-order valence-electron chi connectivity index (χ1n) is 11.0. The molecular formula is C24H33FN4O2. The molecule has 0 unspecified atom stereocenters. The second-order valence-electron chi connectivity index (χ2n) is 7.66. The predicted octanol–water partition coefficient (Wildman–Crippen LogP) is 3.06. The van der Waals surface area contributed by atoms with E-state index in [1.807, 2.05) is 54.3 Å². The van der Waals surface area contributed by atoms with Crippen LogP contribution < -0.4 is 15.5 Å². The Morgan fingerprint density at radius 3 is 2.61 bits per heavy atom. The Morgan fingerprint density at radius 2 is 1.90 bits per heavy atom. The fourth-order valence-corrected chi connectivity index (χ4v) is 3.53. The zero-order valence-corrected chi connectivity index (χ0v) is 18.2. The summed E-state index contributed by atoms with van der Waals surface area (Å²) < 4.78 is 20.3. The number of halogens is 1. The summed E-state index contributed by atoms with van der Waals surface area (Å²) in [5, 5.41) is 16.1. The highest BCUT2D eigenvalue weighted by Crippen LogP contribution is 2.24. The molecule has 0 aromatic heterocycles. The molecule has 7 heteroatoms. The fourth-order valence-electron chi connectivity index (χ4n) is 3.53. The lowest BCUT2D eigenvalue weighted by Crippen LogP contribution is -2.39. The summed E-state index contributed by atoms with van der Waals surface area (Å²) in [6, 6.07) is 15.3. The van der Waals surface area contributed by atoms with Crippen LogP contribution in [0.25, 0.3) is 0 Å². The minimum Gasteiger partial charge on any atom is -0.393 e. The number of benzene rings is 2. The SMILES string of the molecule is CCNC(=NCc1ccc(N2CCC(O)CC2)c(F)c1)NCCOCc1ccccc1. The number of piperidine rings is 1. The third kappa shape index (κ3) is 7.52. The summed E-state index contributed by atoms with van der Waals surface area (Å²) in [4.78, 5) is 6.55. The molecular weight excluding hydrogens is 395 g/mol. The van der Waals surface area contributed by atoms with Crippen molar-refractivity contribution in [3.05, 3.63) is 65.5 Å². The van der Waals surface area contributed by atoms with E-state index >= 15 is 0 Å². The summed E-state index contributed by atoms with van der Waals surface area (Å²) in [5.41, 5.74) is 2.56. The predicted molar refractivity (Wildman–Crippen MR) is 123 cm³/mol. The molecule has 0 atom stereocenters. The highest BCUT2D eigenvalue weighted by molar-refractivity contribution is 5.79.